The van der Waals surface area contributed by atoms with E-state index in [1.807, 2.05) is 26.0 Å². The Hall–Kier alpha value is -1.62. The minimum atomic E-state index is 0.831. The van der Waals surface area contributed by atoms with Crippen LogP contribution >= 0.6 is 0 Å². The lowest BCUT2D eigenvalue weighted by Gasteiger charge is -2.04. The summed E-state index contributed by atoms with van der Waals surface area (Å²) in [6, 6.07) is 6.23. The zero-order valence-corrected chi connectivity index (χ0v) is 7.31. The van der Waals surface area contributed by atoms with Gasteiger partial charge in [0, 0.05) is 17.3 Å². The van der Waals surface area contributed by atoms with Crippen LogP contribution in [0.25, 0.3) is 0 Å². The average Bonchev–Trinajstić information content (AvgIpc) is 2.01. The number of hydrogen-bond acceptors (Lipinski definition) is 2. The minimum absolute atomic E-state index is 0.831. The van der Waals surface area contributed by atoms with Gasteiger partial charge in [0.25, 0.3) is 0 Å². The highest BCUT2D eigenvalue weighted by Crippen LogP contribution is 2.17. The van der Waals surface area contributed by atoms with E-state index >= 15 is 0 Å². The fourth-order valence-electron chi connectivity index (χ4n) is 1.13. The normalized spacial score (nSPS) is 8.83. The van der Waals surface area contributed by atoms with Gasteiger partial charge in [-0.2, -0.15) is 0 Å². The Labute approximate surface area is 72.6 Å². The van der Waals surface area contributed by atoms with Crippen molar-refractivity contribution >= 4 is 5.69 Å². The third kappa shape index (κ3) is 1.51. The van der Waals surface area contributed by atoms with Crippen LogP contribution in [-0.4, -0.2) is 0 Å². The van der Waals surface area contributed by atoms with Crippen LogP contribution in [0.4, 0.5) is 5.69 Å². The molecule has 0 aliphatic heterocycles. The topological polar surface area (TPSA) is 52.0 Å². The molecule has 12 heavy (non-hydrogen) atoms. The summed E-state index contributed by atoms with van der Waals surface area (Å²) in [6.45, 7) is 3.92. The summed E-state index contributed by atoms with van der Waals surface area (Å²) in [4.78, 5) is 0. The van der Waals surface area contributed by atoms with Crippen molar-refractivity contribution < 1.29 is 0 Å². The molecular weight excluding hydrogens is 148 g/mol. The van der Waals surface area contributed by atoms with Crippen molar-refractivity contribution in [1.29, 1.82) is 0 Å². The number of aryl methyl sites for hydroxylation is 2. The summed E-state index contributed by atoms with van der Waals surface area (Å²) in [7, 11) is 0. The van der Waals surface area contributed by atoms with Gasteiger partial charge in [-0.05, 0) is 43.0 Å². The Morgan fingerprint density at radius 3 is 2.08 bits per heavy atom. The summed E-state index contributed by atoms with van der Waals surface area (Å²) in [5.74, 6) is 2.79. The van der Waals surface area contributed by atoms with Crippen LogP contribution in [0, 0.1) is 25.8 Å². The SMILES string of the molecule is Cc1cc(C#CN)cc(C)c1N. The first-order valence-electron chi connectivity index (χ1n) is 3.73. The Balaban J connectivity index is 3.27. The van der Waals surface area contributed by atoms with E-state index in [2.05, 4.69) is 12.0 Å². The third-order valence-electron chi connectivity index (χ3n) is 1.81. The molecule has 0 heterocycles. The standard InChI is InChI=1S/C10H12N2/c1-7-5-9(3-4-11)6-8(2)10(7)12/h5-6H,11-12H2,1-2H3. The predicted molar refractivity (Wildman–Crippen MR) is 51.4 cm³/mol. The van der Waals surface area contributed by atoms with Gasteiger partial charge in [-0.25, -0.2) is 0 Å². The maximum Gasteiger partial charge on any atom is 0.0374 e. The van der Waals surface area contributed by atoms with Crippen LogP contribution in [0.1, 0.15) is 16.7 Å². The second kappa shape index (κ2) is 3.19. The van der Waals surface area contributed by atoms with Crippen molar-refractivity contribution in [2.75, 3.05) is 5.73 Å². The molecule has 2 heteroatoms. The van der Waals surface area contributed by atoms with Crippen molar-refractivity contribution in [3.8, 4) is 12.0 Å². The second-order valence-corrected chi connectivity index (χ2v) is 2.79. The molecule has 0 fully saturated rings. The van der Waals surface area contributed by atoms with E-state index in [-0.39, 0.29) is 0 Å². The molecule has 4 N–H and O–H groups in total. The molecule has 0 aromatic heterocycles. The molecule has 0 saturated heterocycles. The van der Waals surface area contributed by atoms with Gasteiger partial charge in [0.2, 0.25) is 0 Å². The van der Waals surface area contributed by atoms with E-state index < -0.39 is 0 Å². The molecule has 0 spiro atoms. The minimum Gasteiger partial charge on any atom is -0.398 e. The molecular formula is C10H12N2. The highest BCUT2D eigenvalue weighted by molar-refractivity contribution is 5.57. The monoisotopic (exact) mass is 160 g/mol. The van der Waals surface area contributed by atoms with Crippen LogP contribution in [0.3, 0.4) is 0 Å². The van der Waals surface area contributed by atoms with Crippen LogP contribution in [-0.2, 0) is 0 Å². The van der Waals surface area contributed by atoms with Crippen LogP contribution in [0.2, 0.25) is 0 Å². The summed E-state index contributed by atoms with van der Waals surface area (Å²) in [5.41, 5.74) is 14.7. The van der Waals surface area contributed by atoms with Gasteiger partial charge < -0.3 is 11.5 Å². The van der Waals surface area contributed by atoms with Crippen LogP contribution in [0.15, 0.2) is 12.1 Å². The van der Waals surface area contributed by atoms with Gasteiger partial charge >= 0.3 is 0 Å². The Kier molecular flexibility index (Phi) is 2.25. The molecule has 0 radical (unpaired) electrons. The second-order valence-electron chi connectivity index (χ2n) is 2.79. The lowest BCUT2D eigenvalue weighted by Crippen LogP contribution is -1.94. The molecule has 0 aliphatic carbocycles. The molecule has 0 amide bonds. The van der Waals surface area contributed by atoms with E-state index in [1.165, 1.54) is 0 Å². The number of benzene rings is 1. The number of nitrogens with two attached hydrogens (primary N) is 2. The lowest BCUT2D eigenvalue weighted by atomic mass is 10.1. The largest absolute Gasteiger partial charge is 0.398 e. The number of rotatable bonds is 0. The third-order valence-corrected chi connectivity index (χ3v) is 1.81. The van der Waals surface area contributed by atoms with Crippen molar-refractivity contribution in [1.82, 2.24) is 0 Å². The van der Waals surface area contributed by atoms with Crippen LogP contribution < -0.4 is 11.5 Å². The zero-order valence-electron chi connectivity index (χ0n) is 7.31. The first kappa shape index (κ1) is 8.48. The van der Waals surface area contributed by atoms with E-state index in [0.717, 1.165) is 22.4 Å². The first-order valence-corrected chi connectivity index (χ1v) is 3.73. The fourth-order valence-corrected chi connectivity index (χ4v) is 1.13. The van der Waals surface area contributed by atoms with Gasteiger partial charge in [-0.1, -0.05) is 0 Å². The molecule has 0 bridgehead atoms. The maximum atomic E-state index is 5.77. The molecule has 1 aromatic carbocycles. The van der Waals surface area contributed by atoms with Gasteiger partial charge in [0.15, 0.2) is 0 Å². The predicted octanol–water partition coefficient (Wildman–Crippen LogP) is 1.15. The molecule has 0 atom stereocenters. The zero-order chi connectivity index (χ0) is 9.14. The van der Waals surface area contributed by atoms with Crippen molar-refractivity contribution in [2.45, 2.75) is 13.8 Å². The highest BCUT2D eigenvalue weighted by Gasteiger charge is 1.98. The molecule has 0 unspecified atom stereocenters. The van der Waals surface area contributed by atoms with Crippen molar-refractivity contribution in [3.05, 3.63) is 28.8 Å². The Bertz CT molecular complexity index is 333. The number of hydrogen-bond donors (Lipinski definition) is 2. The lowest BCUT2D eigenvalue weighted by molar-refractivity contribution is 1.37. The summed E-state index contributed by atoms with van der Waals surface area (Å²) in [6.07, 6.45) is 0. The van der Waals surface area contributed by atoms with Crippen molar-refractivity contribution in [3.63, 3.8) is 0 Å². The number of nitrogen functional groups attached to an aromatic ring is 1. The summed E-state index contributed by atoms with van der Waals surface area (Å²) >= 11 is 0. The Morgan fingerprint density at radius 1 is 1.17 bits per heavy atom. The van der Waals surface area contributed by atoms with E-state index in [9.17, 15) is 0 Å². The molecule has 0 saturated carbocycles. The summed E-state index contributed by atoms with van der Waals surface area (Å²) < 4.78 is 0. The molecule has 1 aromatic rings. The smallest absolute Gasteiger partial charge is 0.0374 e. The van der Waals surface area contributed by atoms with Crippen LogP contribution in [0.5, 0.6) is 0 Å². The van der Waals surface area contributed by atoms with E-state index in [1.54, 1.807) is 0 Å². The number of anilines is 1. The molecule has 1 rings (SSSR count). The van der Waals surface area contributed by atoms with Gasteiger partial charge in [-0.3, -0.25) is 0 Å². The summed E-state index contributed by atoms with van der Waals surface area (Å²) in [5, 5.41) is 0. The van der Waals surface area contributed by atoms with Gasteiger partial charge in [0.05, 0.1) is 0 Å². The Morgan fingerprint density at radius 2 is 1.67 bits per heavy atom. The molecule has 0 aliphatic rings. The maximum absolute atomic E-state index is 5.77. The van der Waals surface area contributed by atoms with Gasteiger partial charge in [-0.15, -0.1) is 0 Å². The molecule has 62 valence electrons. The fraction of sp³-hybridized carbons (Fsp3) is 0.200. The van der Waals surface area contributed by atoms with Crippen molar-refractivity contribution in [2.24, 2.45) is 5.73 Å². The average molecular weight is 160 g/mol. The van der Waals surface area contributed by atoms with E-state index in [4.69, 9.17) is 11.5 Å². The van der Waals surface area contributed by atoms with E-state index in [0.29, 0.717) is 0 Å². The highest BCUT2D eigenvalue weighted by atomic mass is 14.6. The quantitative estimate of drug-likeness (QED) is 0.340. The molecule has 2 nitrogen and oxygen atoms in total. The van der Waals surface area contributed by atoms with Gasteiger partial charge in [0.1, 0.15) is 0 Å². The first-order chi connectivity index (χ1) is 5.65.